The Labute approximate surface area is 142 Å². The van der Waals surface area contributed by atoms with Crippen molar-refractivity contribution in [2.45, 2.75) is 18.9 Å². The topological polar surface area (TPSA) is 88.7 Å². The first-order chi connectivity index (χ1) is 11.7. The van der Waals surface area contributed by atoms with Crippen LogP contribution in [0.15, 0.2) is 24.3 Å². The lowest BCUT2D eigenvalue weighted by atomic mass is 10.2. The second kappa shape index (κ2) is 9.89. The average Bonchev–Trinajstić information content (AvgIpc) is 3.12. The maximum absolute atomic E-state index is 11.8. The van der Waals surface area contributed by atoms with Crippen LogP contribution in [0.1, 0.15) is 23.2 Å². The average molecular weight is 335 g/mol. The first-order valence-corrected chi connectivity index (χ1v) is 8.18. The Bertz CT molecular complexity index is 527. The fourth-order valence-electron chi connectivity index (χ4n) is 2.39. The molecule has 3 N–H and O–H groups in total. The Hall–Kier alpha value is -2.12. The van der Waals surface area contributed by atoms with Crippen molar-refractivity contribution in [1.82, 2.24) is 10.6 Å². The van der Waals surface area contributed by atoms with E-state index in [4.69, 9.17) is 9.47 Å². The highest BCUT2D eigenvalue weighted by Crippen LogP contribution is 2.11. The van der Waals surface area contributed by atoms with Gasteiger partial charge < -0.3 is 25.4 Å². The van der Waals surface area contributed by atoms with Crippen LogP contribution >= 0.6 is 0 Å². The zero-order chi connectivity index (χ0) is 17.2. The minimum Gasteiger partial charge on any atom is -0.383 e. The van der Waals surface area contributed by atoms with Gasteiger partial charge in [0.15, 0.2) is 0 Å². The van der Waals surface area contributed by atoms with Crippen molar-refractivity contribution >= 4 is 17.5 Å². The molecule has 1 aromatic carbocycles. The van der Waals surface area contributed by atoms with Crippen LogP contribution in [0.5, 0.6) is 0 Å². The summed E-state index contributed by atoms with van der Waals surface area (Å²) in [6.45, 7) is 2.48. The molecule has 1 aliphatic heterocycles. The summed E-state index contributed by atoms with van der Waals surface area (Å²) in [5, 5.41) is 8.64. The van der Waals surface area contributed by atoms with E-state index in [2.05, 4.69) is 16.0 Å². The number of carbonyl (C=O) groups excluding carboxylic acids is 2. The van der Waals surface area contributed by atoms with Crippen LogP contribution in [0.25, 0.3) is 0 Å². The van der Waals surface area contributed by atoms with Gasteiger partial charge in [0.25, 0.3) is 5.91 Å². The van der Waals surface area contributed by atoms with E-state index in [0.717, 1.165) is 25.1 Å². The van der Waals surface area contributed by atoms with Gasteiger partial charge in [-0.2, -0.15) is 0 Å². The summed E-state index contributed by atoms with van der Waals surface area (Å²) in [4.78, 5) is 23.6. The quantitative estimate of drug-likeness (QED) is 0.580. The lowest BCUT2D eigenvalue weighted by Gasteiger charge is -2.12. The van der Waals surface area contributed by atoms with Gasteiger partial charge in [-0.1, -0.05) is 0 Å². The number of anilines is 1. The van der Waals surface area contributed by atoms with Gasteiger partial charge in [-0.05, 0) is 37.1 Å². The smallest absolute Gasteiger partial charge is 0.251 e. The minimum atomic E-state index is -0.145. The molecule has 1 fully saturated rings. The summed E-state index contributed by atoms with van der Waals surface area (Å²) < 4.78 is 10.3. The Morgan fingerprint density at radius 1 is 1.25 bits per heavy atom. The molecule has 1 atom stereocenters. The number of hydrogen-bond donors (Lipinski definition) is 3. The molecule has 132 valence electrons. The van der Waals surface area contributed by atoms with Gasteiger partial charge in [-0.25, -0.2) is 0 Å². The molecule has 0 aliphatic carbocycles. The molecule has 2 rings (SSSR count). The SMILES string of the molecule is COCCNC(=O)c1ccc(NCC(=O)NCC2CCCO2)cc1. The third kappa shape index (κ3) is 6.17. The summed E-state index contributed by atoms with van der Waals surface area (Å²) in [5.41, 5.74) is 1.36. The normalized spacial score (nSPS) is 16.6. The summed E-state index contributed by atoms with van der Waals surface area (Å²) in [7, 11) is 1.59. The number of hydrogen-bond acceptors (Lipinski definition) is 5. The largest absolute Gasteiger partial charge is 0.383 e. The number of methoxy groups -OCH3 is 1. The van der Waals surface area contributed by atoms with Gasteiger partial charge >= 0.3 is 0 Å². The monoisotopic (exact) mass is 335 g/mol. The molecule has 0 aromatic heterocycles. The zero-order valence-corrected chi connectivity index (χ0v) is 14.0. The fourth-order valence-corrected chi connectivity index (χ4v) is 2.39. The summed E-state index contributed by atoms with van der Waals surface area (Å²) in [5.74, 6) is -0.222. The molecule has 0 saturated carbocycles. The van der Waals surface area contributed by atoms with Crippen molar-refractivity contribution in [2.75, 3.05) is 45.3 Å². The van der Waals surface area contributed by atoms with Crippen molar-refractivity contribution in [3.8, 4) is 0 Å². The Morgan fingerprint density at radius 2 is 2.04 bits per heavy atom. The van der Waals surface area contributed by atoms with Gasteiger partial charge in [-0.3, -0.25) is 9.59 Å². The van der Waals surface area contributed by atoms with Gasteiger partial charge in [0, 0.05) is 38.1 Å². The molecule has 0 radical (unpaired) electrons. The van der Waals surface area contributed by atoms with E-state index in [1.165, 1.54) is 0 Å². The zero-order valence-electron chi connectivity index (χ0n) is 14.0. The maximum atomic E-state index is 11.8. The van der Waals surface area contributed by atoms with Crippen LogP contribution in [-0.4, -0.2) is 57.9 Å². The number of carbonyl (C=O) groups is 2. The number of rotatable bonds is 9. The molecule has 0 bridgehead atoms. The number of amides is 2. The summed E-state index contributed by atoms with van der Waals surface area (Å²) in [6, 6.07) is 6.99. The highest BCUT2D eigenvalue weighted by molar-refractivity contribution is 5.94. The third-order valence-electron chi connectivity index (χ3n) is 3.74. The number of nitrogens with one attached hydrogen (secondary N) is 3. The summed E-state index contributed by atoms with van der Waals surface area (Å²) >= 11 is 0. The van der Waals surface area contributed by atoms with Gasteiger partial charge in [-0.15, -0.1) is 0 Å². The van der Waals surface area contributed by atoms with Gasteiger partial charge in [0.2, 0.25) is 5.91 Å². The highest BCUT2D eigenvalue weighted by atomic mass is 16.5. The first-order valence-electron chi connectivity index (χ1n) is 8.18. The molecule has 2 amide bonds. The number of ether oxygens (including phenoxy) is 2. The van der Waals surface area contributed by atoms with E-state index < -0.39 is 0 Å². The molecule has 7 nitrogen and oxygen atoms in total. The van der Waals surface area contributed by atoms with Gasteiger partial charge in [0.05, 0.1) is 19.3 Å². The number of benzene rings is 1. The highest BCUT2D eigenvalue weighted by Gasteiger charge is 2.15. The third-order valence-corrected chi connectivity index (χ3v) is 3.74. The van der Waals surface area contributed by atoms with E-state index in [1.54, 1.807) is 31.4 Å². The van der Waals surface area contributed by atoms with Crippen LogP contribution in [0, 0.1) is 0 Å². The van der Waals surface area contributed by atoms with Crippen LogP contribution in [0.3, 0.4) is 0 Å². The van der Waals surface area contributed by atoms with Crippen molar-refractivity contribution in [3.05, 3.63) is 29.8 Å². The van der Waals surface area contributed by atoms with E-state index in [-0.39, 0.29) is 24.5 Å². The molecule has 1 heterocycles. The summed E-state index contributed by atoms with van der Waals surface area (Å²) in [6.07, 6.45) is 2.20. The fraction of sp³-hybridized carbons (Fsp3) is 0.529. The molecular formula is C17H25N3O4. The second-order valence-electron chi connectivity index (χ2n) is 5.62. The molecule has 1 aromatic rings. The van der Waals surface area contributed by atoms with Crippen molar-refractivity contribution in [3.63, 3.8) is 0 Å². The van der Waals surface area contributed by atoms with Crippen LogP contribution in [0.4, 0.5) is 5.69 Å². The van der Waals surface area contributed by atoms with Crippen LogP contribution in [0.2, 0.25) is 0 Å². The van der Waals surface area contributed by atoms with Crippen molar-refractivity contribution in [2.24, 2.45) is 0 Å². The van der Waals surface area contributed by atoms with E-state index in [9.17, 15) is 9.59 Å². The van der Waals surface area contributed by atoms with Crippen LogP contribution < -0.4 is 16.0 Å². The standard InChI is InChI=1S/C17H25N3O4/c1-23-10-8-18-17(22)13-4-6-14(7-5-13)19-12-16(21)20-11-15-3-2-9-24-15/h4-7,15,19H,2-3,8-12H2,1H3,(H,18,22)(H,20,21). The van der Waals surface area contributed by atoms with Crippen molar-refractivity contribution in [1.29, 1.82) is 0 Å². The predicted molar refractivity (Wildman–Crippen MR) is 91.1 cm³/mol. The molecule has 0 spiro atoms. The molecule has 1 aliphatic rings. The van der Waals surface area contributed by atoms with Gasteiger partial charge in [0.1, 0.15) is 0 Å². The minimum absolute atomic E-state index is 0.0770. The molecular weight excluding hydrogens is 310 g/mol. The Balaban J connectivity index is 1.68. The molecule has 1 unspecified atom stereocenters. The first kappa shape index (κ1) is 18.2. The molecule has 7 heteroatoms. The Kier molecular flexibility index (Phi) is 7.51. The Morgan fingerprint density at radius 3 is 2.71 bits per heavy atom. The van der Waals surface area contributed by atoms with E-state index in [0.29, 0.717) is 25.3 Å². The maximum Gasteiger partial charge on any atom is 0.251 e. The van der Waals surface area contributed by atoms with E-state index >= 15 is 0 Å². The van der Waals surface area contributed by atoms with E-state index in [1.807, 2.05) is 0 Å². The lowest BCUT2D eigenvalue weighted by Crippen LogP contribution is -2.35. The molecule has 24 heavy (non-hydrogen) atoms. The second-order valence-corrected chi connectivity index (χ2v) is 5.62. The molecule has 1 saturated heterocycles. The van der Waals surface area contributed by atoms with Crippen molar-refractivity contribution < 1.29 is 19.1 Å². The van der Waals surface area contributed by atoms with Crippen LogP contribution in [-0.2, 0) is 14.3 Å². The predicted octanol–water partition coefficient (Wildman–Crippen LogP) is 0.770. The lowest BCUT2D eigenvalue weighted by molar-refractivity contribution is -0.119.